The number of hydrogen-bond acceptors (Lipinski definition) is 3. The van der Waals surface area contributed by atoms with Gasteiger partial charge in [0.05, 0.1) is 11.1 Å². The fourth-order valence-corrected chi connectivity index (χ4v) is 5.40. The highest BCUT2D eigenvalue weighted by atomic mass is 16.4. The van der Waals surface area contributed by atoms with Crippen molar-refractivity contribution in [2.75, 3.05) is 0 Å². The van der Waals surface area contributed by atoms with E-state index in [9.17, 15) is 24.6 Å². The Morgan fingerprint density at radius 2 is 1.36 bits per heavy atom. The molecule has 4 aromatic rings. The summed E-state index contributed by atoms with van der Waals surface area (Å²) in [6, 6.07) is 18.0. The molecule has 0 radical (unpaired) electrons. The molecule has 1 aromatic heterocycles. The van der Waals surface area contributed by atoms with Crippen LogP contribution < -0.4 is 0 Å². The van der Waals surface area contributed by atoms with Gasteiger partial charge in [0.2, 0.25) is 0 Å². The highest BCUT2D eigenvalue weighted by molar-refractivity contribution is 6.15. The lowest BCUT2D eigenvalue weighted by Gasteiger charge is -2.11. The highest BCUT2D eigenvalue weighted by Gasteiger charge is 2.26. The highest BCUT2D eigenvalue weighted by Crippen LogP contribution is 2.30. The zero-order valence-corrected chi connectivity index (χ0v) is 22.6. The number of fused-ring (bicyclic) bond motifs is 2. The van der Waals surface area contributed by atoms with Crippen LogP contribution in [0.15, 0.2) is 60.7 Å². The van der Waals surface area contributed by atoms with Crippen molar-refractivity contribution in [3.05, 3.63) is 83.0 Å². The normalized spacial score (nSPS) is 11.3. The van der Waals surface area contributed by atoms with E-state index in [-0.39, 0.29) is 23.6 Å². The molecule has 0 aliphatic carbocycles. The molecule has 0 atom stereocenters. The zero-order valence-electron chi connectivity index (χ0n) is 22.6. The number of unbranched alkanes of at least 4 members (excludes halogenated alkanes) is 8. The number of aromatic nitrogens is 1. The number of carboxylic acid groups (broad SMARTS) is 2. The van der Waals surface area contributed by atoms with E-state index in [4.69, 9.17) is 0 Å². The molecule has 204 valence electrons. The fraction of sp³-hybridized carbons (Fsp3) is 0.364. The van der Waals surface area contributed by atoms with Crippen LogP contribution in [0.1, 0.15) is 108 Å². The maximum atomic E-state index is 13.4. The zero-order chi connectivity index (χ0) is 27.8. The number of carboxylic acids is 2. The summed E-state index contributed by atoms with van der Waals surface area (Å²) in [6.07, 6.45) is 10.7. The van der Waals surface area contributed by atoms with Gasteiger partial charge in [-0.25, -0.2) is 9.59 Å². The molecule has 6 nitrogen and oxygen atoms in total. The first-order valence-electron chi connectivity index (χ1n) is 14.0. The number of Topliss-reactive ketones (excluding diaryl/α,β-unsaturated/α-hetero) is 1. The lowest BCUT2D eigenvalue weighted by Crippen LogP contribution is -2.14. The number of carbonyl (C=O) groups excluding carboxylic acids is 1. The molecule has 0 amide bonds. The standard InChI is InChI=1S/C33H37NO5/c1-2-3-4-5-6-7-8-9-10-15-29(35)30-27-13-11-12-14-28(27)34(31(30)33(38)39)22-23-16-17-25-21-26(32(36)37)19-18-24(25)20-23/h11-14,16-21H,2-10,15,22H2,1H3,(H,36,37)(H,38,39). The third-order valence-corrected chi connectivity index (χ3v) is 7.45. The molecule has 0 aliphatic rings. The topological polar surface area (TPSA) is 96.6 Å². The number of ketones is 1. The van der Waals surface area contributed by atoms with Crippen LogP contribution in [0.3, 0.4) is 0 Å². The van der Waals surface area contributed by atoms with Gasteiger partial charge in [-0.2, -0.15) is 0 Å². The van der Waals surface area contributed by atoms with Gasteiger partial charge in [0.15, 0.2) is 5.78 Å². The number of para-hydroxylation sites is 1. The molecule has 0 saturated heterocycles. The quantitative estimate of drug-likeness (QED) is 0.120. The number of aromatic carboxylic acids is 2. The predicted molar refractivity (Wildman–Crippen MR) is 155 cm³/mol. The third kappa shape index (κ3) is 6.75. The Morgan fingerprint density at radius 1 is 0.718 bits per heavy atom. The van der Waals surface area contributed by atoms with Crippen molar-refractivity contribution in [3.8, 4) is 0 Å². The van der Waals surface area contributed by atoms with E-state index in [1.54, 1.807) is 22.8 Å². The van der Waals surface area contributed by atoms with Gasteiger partial charge >= 0.3 is 11.9 Å². The summed E-state index contributed by atoms with van der Waals surface area (Å²) in [5, 5.41) is 21.8. The van der Waals surface area contributed by atoms with Gasteiger partial charge in [-0.1, -0.05) is 94.7 Å². The van der Waals surface area contributed by atoms with Gasteiger partial charge in [0.1, 0.15) is 5.69 Å². The van der Waals surface area contributed by atoms with Gasteiger partial charge in [-0.3, -0.25) is 4.79 Å². The molecule has 4 rings (SSSR count). The summed E-state index contributed by atoms with van der Waals surface area (Å²) in [4.78, 5) is 37.2. The molecule has 3 aromatic carbocycles. The smallest absolute Gasteiger partial charge is 0.353 e. The molecule has 0 spiro atoms. The molecular formula is C33H37NO5. The summed E-state index contributed by atoms with van der Waals surface area (Å²) >= 11 is 0. The summed E-state index contributed by atoms with van der Waals surface area (Å²) in [7, 11) is 0. The summed E-state index contributed by atoms with van der Waals surface area (Å²) < 4.78 is 1.72. The van der Waals surface area contributed by atoms with Crippen LogP contribution in [0.2, 0.25) is 0 Å². The molecule has 0 saturated carbocycles. The second-order valence-corrected chi connectivity index (χ2v) is 10.3. The summed E-state index contributed by atoms with van der Waals surface area (Å²) in [6.45, 7) is 2.50. The van der Waals surface area contributed by atoms with E-state index in [0.29, 0.717) is 22.9 Å². The van der Waals surface area contributed by atoms with Crippen LogP contribution in [0.25, 0.3) is 21.7 Å². The largest absolute Gasteiger partial charge is 0.478 e. The SMILES string of the molecule is CCCCCCCCCCCC(=O)c1c(C(=O)O)n(Cc2ccc3cc(C(=O)O)ccc3c2)c2ccccc12. The number of nitrogens with zero attached hydrogens (tertiary/aromatic N) is 1. The van der Waals surface area contributed by atoms with Crippen LogP contribution in [0.5, 0.6) is 0 Å². The Morgan fingerprint density at radius 3 is 2.05 bits per heavy atom. The molecule has 0 aliphatic heterocycles. The van der Waals surface area contributed by atoms with Crippen LogP contribution in [-0.4, -0.2) is 32.5 Å². The van der Waals surface area contributed by atoms with Crippen molar-refractivity contribution in [1.29, 1.82) is 0 Å². The van der Waals surface area contributed by atoms with Crippen molar-refractivity contribution in [3.63, 3.8) is 0 Å². The molecule has 1 heterocycles. The average Bonchev–Trinajstić information content (AvgIpc) is 3.26. The van der Waals surface area contributed by atoms with Crippen molar-refractivity contribution in [2.45, 2.75) is 77.7 Å². The first kappa shape index (κ1) is 28.1. The average molecular weight is 528 g/mol. The molecule has 2 N–H and O–H groups in total. The van der Waals surface area contributed by atoms with Gasteiger partial charge < -0.3 is 14.8 Å². The molecule has 6 heteroatoms. The first-order valence-corrected chi connectivity index (χ1v) is 14.0. The predicted octanol–water partition coefficient (Wildman–Crippen LogP) is 8.34. The van der Waals surface area contributed by atoms with Crippen LogP contribution in [-0.2, 0) is 6.54 Å². The van der Waals surface area contributed by atoms with E-state index >= 15 is 0 Å². The van der Waals surface area contributed by atoms with Gasteiger partial charge in [-0.15, -0.1) is 0 Å². The van der Waals surface area contributed by atoms with Crippen molar-refractivity contribution >= 4 is 39.4 Å². The van der Waals surface area contributed by atoms with E-state index in [2.05, 4.69) is 6.92 Å². The first-order chi connectivity index (χ1) is 18.9. The Labute approximate surface area is 229 Å². The van der Waals surface area contributed by atoms with Crippen LogP contribution in [0, 0.1) is 0 Å². The van der Waals surface area contributed by atoms with Gasteiger partial charge in [0.25, 0.3) is 0 Å². The molecule has 0 bridgehead atoms. The minimum absolute atomic E-state index is 0.0263. The van der Waals surface area contributed by atoms with Crippen LogP contribution in [0.4, 0.5) is 0 Å². The number of hydrogen-bond donors (Lipinski definition) is 2. The minimum atomic E-state index is -1.12. The van der Waals surface area contributed by atoms with E-state index in [1.165, 1.54) is 38.5 Å². The Balaban J connectivity index is 1.54. The monoisotopic (exact) mass is 527 g/mol. The molecule has 39 heavy (non-hydrogen) atoms. The van der Waals surface area contributed by atoms with E-state index in [0.717, 1.165) is 35.6 Å². The number of benzene rings is 3. The third-order valence-electron chi connectivity index (χ3n) is 7.45. The van der Waals surface area contributed by atoms with Crippen molar-refractivity contribution < 1.29 is 24.6 Å². The Hall–Kier alpha value is -3.93. The second-order valence-electron chi connectivity index (χ2n) is 10.3. The molecule has 0 fully saturated rings. The lowest BCUT2D eigenvalue weighted by atomic mass is 10.00. The van der Waals surface area contributed by atoms with Gasteiger partial charge in [-0.05, 0) is 47.0 Å². The maximum absolute atomic E-state index is 13.4. The molecule has 0 unspecified atom stereocenters. The Bertz CT molecular complexity index is 1480. The second kappa shape index (κ2) is 13.2. The van der Waals surface area contributed by atoms with Crippen LogP contribution >= 0.6 is 0 Å². The van der Waals surface area contributed by atoms with Crippen molar-refractivity contribution in [2.24, 2.45) is 0 Å². The maximum Gasteiger partial charge on any atom is 0.353 e. The number of rotatable bonds is 15. The number of carbonyl (C=O) groups is 3. The summed E-state index contributed by atoms with van der Waals surface area (Å²) in [5.41, 5.74) is 2.12. The van der Waals surface area contributed by atoms with E-state index in [1.807, 2.05) is 42.5 Å². The molecular weight excluding hydrogens is 490 g/mol. The minimum Gasteiger partial charge on any atom is -0.478 e. The Kier molecular flexibility index (Phi) is 9.53. The lowest BCUT2D eigenvalue weighted by molar-refractivity contribution is 0.0676. The van der Waals surface area contributed by atoms with Gasteiger partial charge in [0, 0.05) is 23.9 Å². The van der Waals surface area contributed by atoms with E-state index < -0.39 is 11.9 Å². The summed E-state index contributed by atoms with van der Waals surface area (Å²) in [5.74, 6) is -2.22. The fourth-order valence-electron chi connectivity index (χ4n) is 5.40. The van der Waals surface area contributed by atoms with Crippen molar-refractivity contribution in [1.82, 2.24) is 4.57 Å².